The number of sulfonamides is 1. The minimum atomic E-state index is -3.55. The number of hydrogen-bond acceptors (Lipinski definition) is 6. The van der Waals surface area contributed by atoms with Gasteiger partial charge in [-0.2, -0.15) is 0 Å². The van der Waals surface area contributed by atoms with Crippen molar-refractivity contribution in [1.82, 2.24) is 4.98 Å². The molecule has 1 aromatic carbocycles. The first-order valence-electron chi connectivity index (χ1n) is 12.3. The maximum absolute atomic E-state index is 13.8. The smallest absolute Gasteiger partial charge is 0.236 e. The van der Waals surface area contributed by atoms with Gasteiger partial charge in [-0.1, -0.05) is 38.1 Å². The van der Waals surface area contributed by atoms with Gasteiger partial charge < -0.3 is 10.2 Å². The summed E-state index contributed by atoms with van der Waals surface area (Å²) in [5.41, 5.74) is 3.61. The first kappa shape index (κ1) is 28.0. The zero-order valence-electron chi connectivity index (χ0n) is 21.2. The topological polar surface area (TPSA) is 108 Å². The highest BCUT2D eigenvalue weighted by Crippen LogP contribution is 2.41. The molecule has 0 unspecified atom stereocenters. The second-order valence-electron chi connectivity index (χ2n) is 9.55. The number of nitrogens with zero attached hydrogens (tertiary/aromatic N) is 2. The van der Waals surface area contributed by atoms with Gasteiger partial charge in [0.15, 0.2) is 0 Å². The first-order chi connectivity index (χ1) is 16.9. The number of aliphatic hydroxyl groups is 2. The molecule has 9 heteroatoms. The van der Waals surface area contributed by atoms with Crippen LogP contribution in [0.4, 0.5) is 10.2 Å². The van der Waals surface area contributed by atoms with Crippen molar-refractivity contribution in [2.75, 3.05) is 16.6 Å². The highest BCUT2D eigenvalue weighted by Gasteiger charge is 2.32. The average Bonchev–Trinajstić information content (AvgIpc) is 2.81. The molecule has 2 heterocycles. The minimum Gasteiger partial charge on any atom is -0.393 e. The van der Waals surface area contributed by atoms with Gasteiger partial charge in [-0.05, 0) is 55.9 Å². The number of rotatable bonds is 10. The molecular weight excluding hydrogens is 483 g/mol. The van der Waals surface area contributed by atoms with E-state index in [0.29, 0.717) is 36.5 Å². The van der Waals surface area contributed by atoms with Crippen LogP contribution in [0, 0.1) is 5.82 Å². The monoisotopic (exact) mass is 518 g/mol. The predicted octanol–water partition coefficient (Wildman–Crippen LogP) is 4.22. The fraction of sp³-hybridized carbons (Fsp3) is 0.481. The fourth-order valence-electron chi connectivity index (χ4n) is 4.55. The Morgan fingerprint density at radius 1 is 1.22 bits per heavy atom. The highest BCUT2D eigenvalue weighted by atomic mass is 32.2. The number of ketones is 1. The van der Waals surface area contributed by atoms with Gasteiger partial charge in [0.05, 0.1) is 23.7 Å². The van der Waals surface area contributed by atoms with E-state index in [2.05, 4.69) is 0 Å². The largest absolute Gasteiger partial charge is 0.393 e. The van der Waals surface area contributed by atoms with Gasteiger partial charge in [0.1, 0.15) is 17.4 Å². The van der Waals surface area contributed by atoms with Gasteiger partial charge in [-0.3, -0.25) is 9.10 Å². The van der Waals surface area contributed by atoms with Gasteiger partial charge in [0, 0.05) is 30.5 Å². The SMILES string of the molecule is CCS(=O)(=O)N1CCCc2c1nc(C(C)C)c(/C=C/[C@@H](O)C[C@@H](O)CC(C)=O)c2-c1ccc(F)cc1. The van der Waals surface area contributed by atoms with Gasteiger partial charge in [0.2, 0.25) is 10.0 Å². The maximum atomic E-state index is 13.8. The molecule has 2 atom stereocenters. The van der Waals surface area contributed by atoms with Crippen molar-refractivity contribution in [1.29, 1.82) is 0 Å². The Hall–Kier alpha value is -2.62. The van der Waals surface area contributed by atoms with Gasteiger partial charge in [0.25, 0.3) is 0 Å². The molecule has 0 saturated heterocycles. The number of aliphatic hydroxyl groups excluding tert-OH is 2. The van der Waals surface area contributed by atoms with Gasteiger partial charge in [-0.15, -0.1) is 0 Å². The lowest BCUT2D eigenvalue weighted by molar-refractivity contribution is -0.119. The van der Waals surface area contributed by atoms with Crippen LogP contribution in [0.2, 0.25) is 0 Å². The summed E-state index contributed by atoms with van der Waals surface area (Å²) < 4.78 is 41.0. The third-order valence-electron chi connectivity index (χ3n) is 6.27. The second kappa shape index (κ2) is 11.6. The molecular formula is C27H35FN2O5S. The summed E-state index contributed by atoms with van der Waals surface area (Å²) in [4.78, 5) is 16.1. The second-order valence-corrected chi connectivity index (χ2v) is 11.7. The summed E-state index contributed by atoms with van der Waals surface area (Å²) >= 11 is 0. The molecule has 7 nitrogen and oxygen atoms in total. The summed E-state index contributed by atoms with van der Waals surface area (Å²) in [5.74, 6) is -0.269. The van der Waals surface area contributed by atoms with E-state index in [1.165, 1.54) is 23.4 Å². The van der Waals surface area contributed by atoms with E-state index in [4.69, 9.17) is 4.98 Å². The lowest BCUT2D eigenvalue weighted by Crippen LogP contribution is -2.38. The van der Waals surface area contributed by atoms with Crippen molar-refractivity contribution in [2.45, 2.75) is 71.5 Å². The molecule has 196 valence electrons. The summed E-state index contributed by atoms with van der Waals surface area (Å²) in [7, 11) is -3.55. The number of aromatic nitrogens is 1. The molecule has 0 bridgehead atoms. The van der Waals surface area contributed by atoms with E-state index < -0.39 is 22.2 Å². The van der Waals surface area contributed by atoms with Crippen LogP contribution in [-0.4, -0.2) is 53.9 Å². The van der Waals surface area contributed by atoms with Crippen molar-refractivity contribution >= 4 is 27.7 Å². The van der Waals surface area contributed by atoms with Gasteiger partial charge in [-0.25, -0.2) is 17.8 Å². The molecule has 36 heavy (non-hydrogen) atoms. The number of hydrogen-bond donors (Lipinski definition) is 2. The summed E-state index contributed by atoms with van der Waals surface area (Å²) in [6.07, 6.45) is 2.50. The maximum Gasteiger partial charge on any atom is 0.236 e. The standard InChI is InChI=1S/C27H35FN2O5S/c1-5-36(34,35)30-14-6-7-24-25(19-8-10-20(28)11-9-19)23(26(17(2)3)29-27(24)30)13-12-21(32)16-22(33)15-18(4)31/h8-13,17,21-22,32-33H,5-7,14-16H2,1-4H3/b13-12+/t21-,22+/m1/s1. The molecule has 0 spiro atoms. The van der Waals surface area contributed by atoms with Crippen LogP contribution in [0.25, 0.3) is 17.2 Å². The van der Waals surface area contributed by atoms with Crippen LogP contribution in [-0.2, 0) is 21.2 Å². The molecule has 2 N–H and O–H groups in total. The lowest BCUT2D eigenvalue weighted by atomic mass is 9.87. The molecule has 0 fully saturated rings. The molecule has 1 aromatic heterocycles. The molecule has 2 aromatic rings. The van der Waals surface area contributed by atoms with Crippen molar-refractivity contribution < 1.29 is 27.8 Å². The Kier molecular flexibility index (Phi) is 9.03. The molecule has 0 radical (unpaired) electrons. The summed E-state index contributed by atoms with van der Waals surface area (Å²) in [5, 5.41) is 20.6. The van der Waals surface area contributed by atoms with Crippen LogP contribution < -0.4 is 4.31 Å². The van der Waals surface area contributed by atoms with E-state index in [-0.39, 0.29) is 36.1 Å². The normalized spacial score (nSPS) is 15.8. The number of halogens is 1. The van der Waals surface area contributed by atoms with Crippen molar-refractivity contribution in [2.24, 2.45) is 0 Å². The minimum absolute atomic E-state index is 0.000135. The van der Waals surface area contributed by atoms with E-state index in [1.54, 1.807) is 31.2 Å². The van der Waals surface area contributed by atoms with Crippen LogP contribution in [0.15, 0.2) is 30.3 Å². The molecule has 1 aliphatic rings. The number of fused-ring (bicyclic) bond motifs is 1. The fourth-order valence-corrected chi connectivity index (χ4v) is 5.69. The molecule has 0 aliphatic carbocycles. The van der Waals surface area contributed by atoms with Crippen LogP contribution in [0.5, 0.6) is 0 Å². The number of anilines is 1. The van der Waals surface area contributed by atoms with Crippen LogP contribution in [0.1, 0.15) is 69.7 Å². The van der Waals surface area contributed by atoms with Crippen molar-refractivity contribution in [3.63, 3.8) is 0 Å². The summed E-state index contributed by atoms with van der Waals surface area (Å²) in [6, 6.07) is 6.04. The van der Waals surface area contributed by atoms with Crippen LogP contribution >= 0.6 is 0 Å². The Morgan fingerprint density at radius 3 is 2.47 bits per heavy atom. The predicted molar refractivity (Wildman–Crippen MR) is 140 cm³/mol. The summed E-state index contributed by atoms with van der Waals surface area (Å²) in [6.45, 7) is 7.24. The zero-order chi connectivity index (χ0) is 26.6. The van der Waals surface area contributed by atoms with Crippen LogP contribution in [0.3, 0.4) is 0 Å². The highest BCUT2D eigenvalue weighted by molar-refractivity contribution is 7.92. The van der Waals surface area contributed by atoms with E-state index in [1.807, 2.05) is 13.8 Å². The van der Waals surface area contributed by atoms with Crippen molar-refractivity contribution in [3.8, 4) is 11.1 Å². The van der Waals surface area contributed by atoms with E-state index >= 15 is 0 Å². The Labute approximate surface area is 212 Å². The Morgan fingerprint density at radius 2 is 1.89 bits per heavy atom. The van der Waals surface area contributed by atoms with E-state index in [0.717, 1.165) is 16.7 Å². The molecule has 3 rings (SSSR count). The third kappa shape index (κ3) is 6.38. The number of pyridine rings is 1. The van der Waals surface area contributed by atoms with Gasteiger partial charge >= 0.3 is 0 Å². The number of carbonyl (C=O) groups is 1. The molecule has 0 saturated carbocycles. The Bertz CT molecular complexity index is 1230. The third-order valence-corrected chi connectivity index (χ3v) is 8.03. The van der Waals surface area contributed by atoms with E-state index in [9.17, 15) is 27.8 Å². The quantitative estimate of drug-likeness (QED) is 0.488. The average molecular weight is 519 g/mol. The zero-order valence-corrected chi connectivity index (χ0v) is 22.1. The number of Topliss-reactive ketones (excluding diaryl/α,β-unsaturated/α-hetero) is 1. The van der Waals surface area contributed by atoms with Crippen molar-refractivity contribution in [3.05, 3.63) is 53.0 Å². The Balaban J connectivity index is 2.21. The number of benzene rings is 1. The lowest BCUT2D eigenvalue weighted by Gasteiger charge is -2.32. The number of carbonyl (C=O) groups excluding carboxylic acids is 1. The molecule has 0 amide bonds. The first-order valence-corrected chi connectivity index (χ1v) is 13.9. The molecule has 1 aliphatic heterocycles.